The third-order valence-electron chi connectivity index (χ3n) is 5.65. The molecular weight excluding hydrogens is 436 g/mol. The standard InChI is InChI=1S/C25H30N4O3S/c1-4-6-16-29(17-7-5-2)33(31,32)20-14-12-19(13-15-20)24(30)21(18-26)25-27-22-10-8-9-11-23(22)28(25)3/h8-15,30H,4-7,16-17H2,1-3H3. The molecule has 0 amide bonds. The van der Waals surface area contributed by atoms with Gasteiger partial charge in [-0.05, 0) is 49.2 Å². The number of unbranched alkanes of at least 4 members (excludes halogenated alkanes) is 2. The number of hydrogen-bond acceptors (Lipinski definition) is 5. The first-order chi connectivity index (χ1) is 15.8. The van der Waals surface area contributed by atoms with Crippen LogP contribution in [0.15, 0.2) is 53.4 Å². The predicted molar refractivity (Wildman–Crippen MR) is 131 cm³/mol. The summed E-state index contributed by atoms with van der Waals surface area (Å²) < 4.78 is 29.6. The summed E-state index contributed by atoms with van der Waals surface area (Å²) in [6.45, 7) is 5.03. The molecule has 3 rings (SSSR count). The molecule has 0 unspecified atom stereocenters. The van der Waals surface area contributed by atoms with Crippen molar-refractivity contribution in [2.45, 2.75) is 44.4 Å². The van der Waals surface area contributed by atoms with Crippen LogP contribution < -0.4 is 0 Å². The number of nitriles is 1. The van der Waals surface area contributed by atoms with Gasteiger partial charge in [0.15, 0.2) is 5.82 Å². The molecule has 174 valence electrons. The molecule has 1 aromatic heterocycles. The van der Waals surface area contributed by atoms with Crippen molar-refractivity contribution in [2.75, 3.05) is 13.1 Å². The van der Waals surface area contributed by atoms with Crippen LogP contribution in [-0.2, 0) is 17.1 Å². The first-order valence-corrected chi connectivity index (χ1v) is 12.6. The molecule has 3 aromatic rings. The number of sulfonamides is 1. The van der Waals surface area contributed by atoms with Crippen molar-refractivity contribution in [3.63, 3.8) is 0 Å². The minimum Gasteiger partial charge on any atom is -0.506 e. The molecule has 0 bridgehead atoms. The molecule has 0 aliphatic heterocycles. The Morgan fingerprint density at radius 1 is 1.06 bits per heavy atom. The average molecular weight is 467 g/mol. The van der Waals surface area contributed by atoms with Gasteiger partial charge in [0.2, 0.25) is 10.0 Å². The molecule has 0 atom stereocenters. The molecule has 2 aromatic carbocycles. The Labute approximate surface area is 195 Å². The molecule has 0 saturated heterocycles. The second kappa shape index (κ2) is 10.6. The molecule has 0 aliphatic carbocycles. The lowest BCUT2D eigenvalue weighted by Crippen LogP contribution is -2.33. The Hall–Kier alpha value is -3.15. The highest BCUT2D eigenvalue weighted by Crippen LogP contribution is 2.27. The first-order valence-electron chi connectivity index (χ1n) is 11.2. The summed E-state index contributed by atoms with van der Waals surface area (Å²) in [6, 6.07) is 15.5. The zero-order chi connectivity index (χ0) is 24.0. The van der Waals surface area contributed by atoms with Crippen LogP contribution in [0.1, 0.15) is 50.9 Å². The summed E-state index contributed by atoms with van der Waals surface area (Å²) in [5.74, 6) is 0.104. The largest absolute Gasteiger partial charge is 0.506 e. The fourth-order valence-corrected chi connectivity index (χ4v) is 5.19. The first kappa shape index (κ1) is 24.5. The van der Waals surface area contributed by atoms with Crippen molar-refractivity contribution >= 4 is 32.4 Å². The maximum absolute atomic E-state index is 13.2. The highest BCUT2D eigenvalue weighted by atomic mass is 32.2. The summed E-state index contributed by atoms with van der Waals surface area (Å²) in [6.07, 6.45) is 3.42. The number of allylic oxidation sites excluding steroid dienone is 1. The van der Waals surface area contributed by atoms with Crippen LogP contribution in [0, 0.1) is 11.3 Å². The number of aliphatic hydroxyl groups is 1. The van der Waals surface area contributed by atoms with Crippen LogP contribution in [0.5, 0.6) is 0 Å². The van der Waals surface area contributed by atoms with Gasteiger partial charge in [0.1, 0.15) is 17.4 Å². The Balaban J connectivity index is 1.96. The lowest BCUT2D eigenvalue weighted by Gasteiger charge is -2.22. The van der Waals surface area contributed by atoms with Crippen molar-refractivity contribution in [1.82, 2.24) is 13.9 Å². The molecule has 0 radical (unpaired) electrons. The van der Waals surface area contributed by atoms with E-state index in [4.69, 9.17) is 0 Å². The van der Waals surface area contributed by atoms with Crippen LogP contribution >= 0.6 is 0 Å². The number of para-hydroxylation sites is 2. The molecule has 33 heavy (non-hydrogen) atoms. The molecule has 7 nitrogen and oxygen atoms in total. The fourth-order valence-electron chi connectivity index (χ4n) is 3.68. The monoisotopic (exact) mass is 466 g/mol. The number of hydrogen-bond donors (Lipinski definition) is 1. The summed E-state index contributed by atoms with van der Waals surface area (Å²) in [5.41, 5.74) is 1.94. The topological polar surface area (TPSA) is 99.2 Å². The summed E-state index contributed by atoms with van der Waals surface area (Å²) in [4.78, 5) is 4.66. The van der Waals surface area contributed by atoms with E-state index in [1.807, 2.05) is 44.2 Å². The maximum Gasteiger partial charge on any atom is 0.243 e. The van der Waals surface area contributed by atoms with Crippen molar-refractivity contribution in [2.24, 2.45) is 7.05 Å². The van der Waals surface area contributed by atoms with E-state index in [-0.39, 0.29) is 16.2 Å². The van der Waals surface area contributed by atoms with Gasteiger partial charge >= 0.3 is 0 Å². The Bertz CT molecular complexity index is 1280. The highest BCUT2D eigenvalue weighted by molar-refractivity contribution is 7.89. The number of aliphatic hydroxyl groups excluding tert-OH is 1. The average Bonchev–Trinajstić information content (AvgIpc) is 3.16. The number of aryl methyl sites for hydroxylation is 1. The molecule has 1 heterocycles. The van der Waals surface area contributed by atoms with Crippen molar-refractivity contribution in [3.05, 3.63) is 59.9 Å². The lowest BCUT2D eigenvalue weighted by atomic mass is 10.1. The van der Waals surface area contributed by atoms with E-state index < -0.39 is 10.0 Å². The Morgan fingerprint density at radius 2 is 1.67 bits per heavy atom. The SMILES string of the molecule is CCCCN(CCCC)S(=O)(=O)c1ccc(C(O)=C(C#N)c2nc3ccccc3n2C)cc1. The molecular formula is C25H30N4O3S. The van der Waals surface area contributed by atoms with Gasteiger partial charge in [-0.15, -0.1) is 0 Å². The van der Waals surface area contributed by atoms with Crippen molar-refractivity contribution in [3.8, 4) is 6.07 Å². The Morgan fingerprint density at radius 3 is 2.21 bits per heavy atom. The van der Waals surface area contributed by atoms with Gasteiger partial charge in [-0.25, -0.2) is 13.4 Å². The van der Waals surface area contributed by atoms with E-state index >= 15 is 0 Å². The minimum atomic E-state index is -3.64. The van der Waals surface area contributed by atoms with Gasteiger partial charge in [-0.3, -0.25) is 0 Å². The van der Waals surface area contributed by atoms with E-state index in [1.54, 1.807) is 11.6 Å². The number of imidazole rings is 1. The smallest absolute Gasteiger partial charge is 0.243 e. The molecule has 0 fully saturated rings. The number of fused-ring (bicyclic) bond motifs is 1. The van der Waals surface area contributed by atoms with Crippen LogP contribution in [0.4, 0.5) is 0 Å². The van der Waals surface area contributed by atoms with Crippen LogP contribution in [0.2, 0.25) is 0 Å². The molecule has 8 heteroatoms. The van der Waals surface area contributed by atoms with E-state index in [1.165, 1.54) is 28.6 Å². The minimum absolute atomic E-state index is 0.0248. The maximum atomic E-state index is 13.2. The molecule has 0 saturated carbocycles. The van der Waals surface area contributed by atoms with E-state index in [9.17, 15) is 18.8 Å². The number of rotatable bonds is 10. The van der Waals surface area contributed by atoms with Crippen molar-refractivity contribution < 1.29 is 13.5 Å². The summed E-state index contributed by atoms with van der Waals surface area (Å²) in [5, 5.41) is 20.6. The highest BCUT2D eigenvalue weighted by Gasteiger charge is 2.24. The van der Waals surface area contributed by atoms with Crippen LogP contribution in [0.25, 0.3) is 22.4 Å². The summed E-state index contributed by atoms with van der Waals surface area (Å²) >= 11 is 0. The predicted octanol–water partition coefficient (Wildman–Crippen LogP) is 5.11. The zero-order valence-corrected chi connectivity index (χ0v) is 20.1. The number of benzene rings is 2. The number of aromatic nitrogens is 2. The fraction of sp³-hybridized carbons (Fsp3) is 0.360. The second-order valence-corrected chi connectivity index (χ2v) is 9.89. The molecule has 1 N–H and O–H groups in total. The lowest BCUT2D eigenvalue weighted by molar-refractivity contribution is 0.395. The second-order valence-electron chi connectivity index (χ2n) is 7.95. The zero-order valence-electron chi connectivity index (χ0n) is 19.3. The van der Waals surface area contributed by atoms with Gasteiger partial charge in [-0.1, -0.05) is 38.8 Å². The third kappa shape index (κ3) is 5.10. The van der Waals surface area contributed by atoms with E-state index in [2.05, 4.69) is 4.98 Å². The van der Waals surface area contributed by atoms with E-state index in [0.29, 0.717) is 24.5 Å². The summed E-state index contributed by atoms with van der Waals surface area (Å²) in [7, 11) is -1.85. The van der Waals surface area contributed by atoms with Crippen molar-refractivity contribution in [1.29, 1.82) is 5.26 Å². The quantitative estimate of drug-likeness (QED) is 0.330. The van der Waals surface area contributed by atoms with Gasteiger partial charge < -0.3 is 9.67 Å². The molecule has 0 spiro atoms. The van der Waals surface area contributed by atoms with Gasteiger partial charge in [-0.2, -0.15) is 9.57 Å². The normalized spacial score (nSPS) is 12.7. The van der Waals surface area contributed by atoms with Gasteiger partial charge in [0.05, 0.1) is 15.9 Å². The van der Waals surface area contributed by atoms with Crippen LogP contribution in [-0.4, -0.2) is 40.5 Å². The van der Waals surface area contributed by atoms with Gasteiger partial charge in [0, 0.05) is 25.7 Å². The van der Waals surface area contributed by atoms with Gasteiger partial charge in [0.25, 0.3) is 0 Å². The molecule has 0 aliphatic rings. The van der Waals surface area contributed by atoms with E-state index in [0.717, 1.165) is 36.7 Å². The van der Waals surface area contributed by atoms with Crippen LogP contribution in [0.3, 0.4) is 0 Å². The third-order valence-corrected chi connectivity index (χ3v) is 7.56. The Kier molecular flexibility index (Phi) is 7.90. The number of nitrogens with zero attached hydrogens (tertiary/aromatic N) is 4.